The number of amides is 1. The monoisotopic (exact) mass is 397 g/mol. The van der Waals surface area contributed by atoms with E-state index in [1.807, 2.05) is 56.3 Å². The number of tetrazole rings is 1. The topological polar surface area (TPSA) is 91.2 Å². The van der Waals surface area contributed by atoms with E-state index in [4.69, 9.17) is 9.47 Å². The number of carbonyl (C=O) groups excluding carboxylic acids is 1. The van der Waals surface area contributed by atoms with Gasteiger partial charge in [-0.15, -0.1) is 5.10 Å². The highest BCUT2D eigenvalue weighted by atomic mass is 32.2. The number of fused-ring (bicyclic) bond motifs is 1. The summed E-state index contributed by atoms with van der Waals surface area (Å²) in [6, 6.07) is 13.5. The molecule has 0 aliphatic carbocycles. The number of hydrogen-bond acceptors (Lipinski definition) is 7. The molecule has 1 amide bonds. The van der Waals surface area contributed by atoms with E-state index in [1.165, 1.54) is 11.8 Å². The summed E-state index contributed by atoms with van der Waals surface area (Å²) in [6.45, 7) is 4.46. The minimum absolute atomic E-state index is 0.0954. The van der Waals surface area contributed by atoms with Gasteiger partial charge in [-0.05, 0) is 53.6 Å². The number of thioether (sulfide) groups is 1. The molecule has 2 aromatic carbocycles. The Morgan fingerprint density at radius 2 is 2.07 bits per heavy atom. The third kappa shape index (κ3) is 3.79. The van der Waals surface area contributed by atoms with Crippen molar-refractivity contribution in [2.75, 3.05) is 6.79 Å². The standard InChI is InChI=1S/C19H19N5O3S/c1-12-5-3-4-6-15(12)24-19(21-22-23-24)28-13(2)18(25)20-10-14-7-8-16-17(9-14)27-11-26-16/h3-9,13H,10-11H2,1-2H3,(H,20,25)/t13-/m1/s1. The molecule has 2 heterocycles. The zero-order valence-corrected chi connectivity index (χ0v) is 16.3. The average Bonchev–Trinajstić information content (AvgIpc) is 3.35. The van der Waals surface area contributed by atoms with Gasteiger partial charge in [-0.25, -0.2) is 0 Å². The summed E-state index contributed by atoms with van der Waals surface area (Å²) in [4.78, 5) is 12.5. The van der Waals surface area contributed by atoms with Crippen LogP contribution in [0.25, 0.3) is 5.69 Å². The van der Waals surface area contributed by atoms with E-state index in [1.54, 1.807) is 4.68 Å². The molecule has 8 nitrogen and oxygen atoms in total. The molecule has 1 N–H and O–H groups in total. The van der Waals surface area contributed by atoms with Gasteiger partial charge in [-0.2, -0.15) is 4.68 Å². The number of carbonyl (C=O) groups is 1. The summed E-state index contributed by atoms with van der Waals surface area (Å²) >= 11 is 1.31. The smallest absolute Gasteiger partial charge is 0.233 e. The van der Waals surface area contributed by atoms with Gasteiger partial charge in [0.25, 0.3) is 0 Å². The van der Waals surface area contributed by atoms with Crippen molar-refractivity contribution in [3.8, 4) is 17.2 Å². The number of benzene rings is 2. The van der Waals surface area contributed by atoms with Crippen LogP contribution in [-0.2, 0) is 11.3 Å². The summed E-state index contributed by atoms with van der Waals surface area (Å²) in [5, 5.41) is 15.0. The molecule has 144 valence electrons. The van der Waals surface area contributed by atoms with E-state index < -0.39 is 0 Å². The van der Waals surface area contributed by atoms with Gasteiger partial charge in [0.05, 0.1) is 10.9 Å². The molecule has 3 aromatic rings. The first-order valence-electron chi connectivity index (χ1n) is 8.79. The average molecular weight is 397 g/mol. The molecule has 1 aromatic heterocycles. The third-order valence-electron chi connectivity index (χ3n) is 4.34. The van der Waals surface area contributed by atoms with Crippen molar-refractivity contribution in [2.24, 2.45) is 0 Å². The van der Waals surface area contributed by atoms with Gasteiger partial charge in [0.2, 0.25) is 17.9 Å². The number of hydrogen-bond donors (Lipinski definition) is 1. The second kappa shape index (κ2) is 7.89. The zero-order chi connectivity index (χ0) is 19.5. The zero-order valence-electron chi connectivity index (χ0n) is 15.5. The summed E-state index contributed by atoms with van der Waals surface area (Å²) in [7, 11) is 0. The molecule has 1 atom stereocenters. The molecule has 0 unspecified atom stereocenters. The van der Waals surface area contributed by atoms with Crippen molar-refractivity contribution in [1.82, 2.24) is 25.5 Å². The normalized spacial score (nSPS) is 13.4. The number of nitrogens with one attached hydrogen (secondary N) is 1. The first-order chi connectivity index (χ1) is 13.6. The van der Waals surface area contributed by atoms with E-state index in [9.17, 15) is 4.79 Å². The van der Waals surface area contributed by atoms with Crippen LogP contribution in [0.15, 0.2) is 47.6 Å². The first kappa shape index (κ1) is 18.3. The highest BCUT2D eigenvalue weighted by molar-refractivity contribution is 8.00. The van der Waals surface area contributed by atoms with Crippen LogP contribution in [0.3, 0.4) is 0 Å². The quantitative estimate of drug-likeness (QED) is 0.639. The Hall–Kier alpha value is -3.07. The minimum Gasteiger partial charge on any atom is -0.454 e. The van der Waals surface area contributed by atoms with Gasteiger partial charge in [0.15, 0.2) is 11.5 Å². The first-order valence-corrected chi connectivity index (χ1v) is 9.67. The molecule has 1 aliphatic rings. The van der Waals surface area contributed by atoms with Crippen molar-refractivity contribution < 1.29 is 14.3 Å². The van der Waals surface area contributed by atoms with Crippen molar-refractivity contribution in [1.29, 1.82) is 0 Å². The molecular formula is C19H19N5O3S. The molecule has 0 bridgehead atoms. The van der Waals surface area contributed by atoms with E-state index in [0.717, 1.165) is 22.6 Å². The fourth-order valence-electron chi connectivity index (χ4n) is 2.80. The molecule has 0 spiro atoms. The molecule has 4 rings (SSSR count). The third-order valence-corrected chi connectivity index (χ3v) is 5.37. The van der Waals surface area contributed by atoms with Crippen LogP contribution in [0.1, 0.15) is 18.1 Å². The predicted molar refractivity (Wildman–Crippen MR) is 104 cm³/mol. The Morgan fingerprint density at radius 1 is 1.25 bits per heavy atom. The van der Waals surface area contributed by atoms with E-state index in [0.29, 0.717) is 17.5 Å². The van der Waals surface area contributed by atoms with Crippen LogP contribution in [0, 0.1) is 6.92 Å². The summed E-state index contributed by atoms with van der Waals surface area (Å²) in [6.07, 6.45) is 0. The Labute approximate surface area is 166 Å². The number of para-hydroxylation sites is 1. The van der Waals surface area contributed by atoms with Crippen molar-refractivity contribution in [3.05, 3.63) is 53.6 Å². The molecule has 0 fully saturated rings. The lowest BCUT2D eigenvalue weighted by atomic mass is 10.2. The van der Waals surface area contributed by atoms with Gasteiger partial charge < -0.3 is 14.8 Å². The molecule has 0 saturated carbocycles. The molecule has 9 heteroatoms. The van der Waals surface area contributed by atoms with Crippen LogP contribution < -0.4 is 14.8 Å². The minimum atomic E-state index is -0.359. The van der Waals surface area contributed by atoms with E-state index in [-0.39, 0.29) is 18.0 Å². The molecule has 1 aliphatic heterocycles. The second-order valence-corrected chi connectivity index (χ2v) is 7.63. The van der Waals surface area contributed by atoms with Gasteiger partial charge in [-0.1, -0.05) is 36.0 Å². The van der Waals surface area contributed by atoms with Gasteiger partial charge in [-0.3, -0.25) is 4.79 Å². The lowest BCUT2D eigenvalue weighted by molar-refractivity contribution is -0.120. The largest absolute Gasteiger partial charge is 0.454 e. The summed E-state index contributed by atoms with van der Waals surface area (Å²) in [5.41, 5.74) is 2.89. The van der Waals surface area contributed by atoms with Crippen LogP contribution in [0.4, 0.5) is 0 Å². The second-order valence-electron chi connectivity index (χ2n) is 6.33. The predicted octanol–water partition coefficient (Wildman–Crippen LogP) is 2.50. The van der Waals surface area contributed by atoms with Gasteiger partial charge >= 0.3 is 0 Å². The fraction of sp³-hybridized carbons (Fsp3) is 0.263. The van der Waals surface area contributed by atoms with Crippen LogP contribution in [-0.4, -0.2) is 38.2 Å². The lowest BCUT2D eigenvalue weighted by Gasteiger charge is -2.12. The van der Waals surface area contributed by atoms with Crippen molar-refractivity contribution in [2.45, 2.75) is 30.8 Å². The number of ether oxygens (including phenoxy) is 2. The maximum Gasteiger partial charge on any atom is 0.233 e. The van der Waals surface area contributed by atoms with Gasteiger partial charge in [0, 0.05) is 6.54 Å². The van der Waals surface area contributed by atoms with Crippen molar-refractivity contribution >= 4 is 17.7 Å². The number of aryl methyl sites for hydroxylation is 1. The number of rotatable bonds is 6. The van der Waals surface area contributed by atoms with Crippen molar-refractivity contribution in [3.63, 3.8) is 0 Å². The van der Waals surface area contributed by atoms with Crippen LogP contribution in [0.5, 0.6) is 11.5 Å². The van der Waals surface area contributed by atoms with E-state index in [2.05, 4.69) is 20.8 Å². The SMILES string of the molecule is Cc1ccccc1-n1nnnc1S[C@H](C)C(=O)NCc1ccc2c(c1)OCO2. The maximum atomic E-state index is 12.5. The summed E-state index contributed by atoms with van der Waals surface area (Å²) in [5.74, 6) is 1.33. The van der Waals surface area contributed by atoms with Crippen LogP contribution in [0.2, 0.25) is 0 Å². The fourth-order valence-corrected chi connectivity index (χ4v) is 3.63. The molecule has 0 radical (unpaired) electrons. The Balaban J connectivity index is 1.39. The Kier molecular flexibility index (Phi) is 5.16. The summed E-state index contributed by atoms with van der Waals surface area (Å²) < 4.78 is 12.3. The molecular weight excluding hydrogens is 378 g/mol. The molecule has 28 heavy (non-hydrogen) atoms. The van der Waals surface area contributed by atoms with E-state index >= 15 is 0 Å². The lowest BCUT2D eigenvalue weighted by Crippen LogP contribution is -2.30. The highest BCUT2D eigenvalue weighted by Gasteiger charge is 2.20. The van der Waals surface area contributed by atoms with Gasteiger partial charge in [0.1, 0.15) is 0 Å². The maximum absolute atomic E-state index is 12.5. The number of nitrogens with zero attached hydrogens (tertiary/aromatic N) is 4. The Morgan fingerprint density at radius 3 is 2.93 bits per heavy atom. The molecule has 0 saturated heterocycles. The number of aromatic nitrogens is 4. The van der Waals surface area contributed by atoms with Crippen LogP contribution >= 0.6 is 11.8 Å². The Bertz CT molecular complexity index is 1010. The highest BCUT2D eigenvalue weighted by Crippen LogP contribution is 2.32.